The molecule has 0 spiro atoms. The number of aromatic amines is 1. The molecule has 5 heteroatoms. The van der Waals surface area contributed by atoms with Gasteiger partial charge in [-0.1, -0.05) is 26.0 Å². The van der Waals surface area contributed by atoms with Crippen molar-refractivity contribution in [1.82, 2.24) is 10.2 Å². The van der Waals surface area contributed by atoms with Crippen molar-refractivity contribution in [3.63, 3.8) is 0 Å². The molecule has 5 nitrogen and oxygen atoms in total. The number of aromatic nitrogens is 2. The van der Waals surface area contributed by atoms with Crippen LogP contribution in [0.2, 0.25) is 0 Å². The second-order valence-electron chi connectivity index (χ2n) is 4.99. The number of carbonyl (C=O) groups excluding carboxylic acids is 1. The van der Waals surface area contributed by atoms with Crippen LogP contribution in [0.15, 0.2) is 30.5 Å². The monoisotopic (exact) mass is 273 g/mol. The summed E-state index contributed by atoms with van der Waals surface area (Å²) in [4.78, 5) is 11.8. The molecule has 106 valence electrons. The van der Waals surface area contributed by atoms with Crippen molar-refractivity contribution < 1.29 is 9.53 Å². The average molecular weight is 273 g/mol. The van der Waals surface area contributed by atoms with E-state index in [4.69, 9.17) is 4.74 Å². The lowest BCUT2D eigenvalue weighted by molar-refractivity contribution is -0.118. The van der Waals surface area contributed by atoms with Crippen LogP contribution in [0, 0.1) is 6.92 Å². The van der Waals surface area contributed by atoms with Gasteiger partial charge in [-0.3, -0.25) is 9.89 Å². The first-order valence-electron chi connectivity index (χ1n) is 6.59. The number of nitrogens with one attached hydrogen (secondary N) is 2. The lowest BCUT2D eigenvalue weighted by Crippen LogP contribution is -2.20. The van der Waals surface area contributed by atoms with E-state index in [2.05, 4.69) is 29.4 Å². The molecule has 1 aromatic heterocycles. The van der Waals surface area contributed by atoms with Gasteiger partial charge in [0.2, 0.25) is 0 Å². The molecule has 2 aromatic rings. The molecule has 0 saturated heterocycles. The number of carbonyl (C=O) groups is 1. The quantitative estimate of drug-likeness (QED) is 0.880. The highest BCUT2D eigenvalue weighted by molar-refractivity contribution is 5.91. The molecule has 0 bridgehead atoms. The Balaban J connectivity index is 1.90. The van der Waals surface area contributed by atoms with Crippen molar-refractivity contribution in [3.8, 4) is 5.75 Å². The Hall–Kier alpha value is -2.30. The van der Waals surface area contributed by atoms with Crippen LogP contribution in [-0.4, -0.2) is 22.7 Å². The van der Waals surface area contributed by atoms with Crippen LogP contribution < -0.4 is 10.1 Å². The van der Waals surface area contributed by atoms with E-state index in [9.17, 15) is 4.79 Å². The van der Waals surface area contributed by atoms with E-state index in [0.717, 1.165) is 5.56 Å². The lowest BCUT2D eigenvalue weighted by atomic mass is 10.0. The van der Waals surface area contributed by atoms with Crippen molar-refractivity contribution in [2.45, 2.75) is 26.7 Å². The maximum Gasteiger partial charge on any atom is 0.263 e. The molecule has 1 heterocycles. The number of anilines is 1. The number of H-pyrrole nitrogens is 1. The van der Waals surface area contributed by atoms with Gasteiger partial charge in [0.15, 0.2) is 6.61 Å². The Morgan fingerprint density at radius 2 is 2.25 bits per heavy atom. The standard InChI is InChI=1S/C15H19N3O2/c1-10(2)12-5-4-6-13(7-12)20-9-14(19)17-15-11(3)8-16-18-15/h4-8,10H,9H2,1-3H3,(H2,16,17,18,19). The first kappa shape index (κ1) is 14.1. The Kier molecular flexibility index (Phi) is 4.40. The fourth-order valence-corrected chi connectivity index (χ4v) is 1.76. The lowest BCUT2D eigenvalue weighted by Gasteiger charge is -2.10. The first-order chi connectivity index (χ1) is 9.56. The summed E-state index contributed by atoms with van der Waals surface area (Å²) in [6, 6.07) is 7.78. The summed E-state index contributed by atoms with van der Waals surface area (Å²) in [5.41, 5.74) is 2.08. The minimum Gasteiger partial charge on any atom is -0.484 e. The zero-order valence-electron chi connectivity index (χ0n) is 11.9. The molecule has 0 unspecified atom stereocenters. The van der Waals surface area contributed by atoms with Gasteiger partial charge in [-0.05, 0) is 30.5 Å². The zero-order chi connectivity index (χ0) is 14.5. The molecule has 0 atom stereocenters. The Morgan fingerprint density at radius 1 is 1.45 bits per heavy atom. The van der Waals surface area contributed by atoms with Gasteiger partial charge in [0.25, 0.3) is 5.91 Å². The summed E-state index contributed by atoms with van der Waals surface area (Å²) in [6.07, 6.45) is 1.66. The van der Waals surface area contributed by atoms with Crippen LogP contribution in [0.3, 0.4) is 0 Å². The summed E-state index contributed by atoms with van der Waals surface area (Å²) in [7, 11) is 0. The largest absolute Gasteiger partial charge is 0.484 e. The van der Waals surface area contributed by atoms with Gasteiger partial charge in [-0.15, -0.1) is 0 Å². The summed E-state index contributed by atoms with van der Waals surface area (Å²) in [5.74, 6) is 1.52. The minimum atomic E-state index is -0.215. The molecule has 2 N–H and O–H groups in total. The van der Waals surface area contributed by atoms with Gasteiger partial charge in [0.1, 0.15) is 11.6 Å². The number of benzene rings is 1. The molecule has 1 aromatic carbocycles. The van der Waals surface area contributed by atoms with E-state index in [1.807, 2.05) is 31.2 Å². The van der Waals surface area contributed by atoms with Crippen molar-refractivity contribution in [1.29, 1.82) is 0 Å². The van der Waals surface area contributed by atoms with Crippen LogP contribution in [0.25, 0.3) is 0 Å². The number of aryl methyl sites for hydroxylation is 1. The van der Waals surface area contributed by atoms with Crippen LogP contribution in [0.1, 0.15) is 30.9 Å². The van der Waals surface area contributed by atoms with Crippen LogP contribution in [0.4, 0.5) is 5.82 Å². The molecule has 0 aliphatic heterocycles. The zero-order valence-corrected chi connectivity index (χ0v) is 11.9. The Labute approximate surface area is 118 Å². The Morgan fingerprint density at radius 3 is 2.90 bits per heavy atom. The molecule has 1 amide bonds. The van der Waals surface area contributed by atoms with E-state index in [1.54, 1.807) is 6.20 Å². The first-order valence-corrected chi connectivity index (χ1v) is 6.59. The summed E-state index contributed by atoms with van der Waals surface area (Å²) in [5, 5.41) is 9.28. The average Bonchev–Trinajstić information content (AvgIpc) is 2.82. The SMILES string of the molecule is Cc1cn[nH]c1NC(=O)COc1cccc(C(C)C)c1. The number of ether oxygens (including phenoxy) is 1. The van der Waals surface area contributed by atoms with Gasteiger partial charge in [0.05, 0.1) is 6.20 Å². The fraction of sp³-hybridized carbons (Fsp3) is 0.333. The smallest absolute Gasteiger partial charge is 0.263 e. The third-order valence-electron chi connectivity index (χ3n) is 2.99. The normalized spacial score (nSPS) is 10.6. The van der Waals surface area contributed by atoms with Crippen LogP contribution in [0.5, 0.6) is 5.75 Å². The van der Waals surface area contributed by atoms with Gasteiger partial charge in [0, 0.05) is 5.56 Å². The highest BCUT2D eigenvalue weighted by Crippen LogP contribution is 2.20. The predicted molar refractivity (Wildman–Crippen MR) is 78.0 cm³/mol. The third kappa shape index (κ3) is 3.60. The highest BCUT2D eigenvalue weighted by Gasteiger charge is 2.07. The summed E-state index contributed by atoms with van der Waals surface area (Å²) in [6.45, 7) is 6.08. The molecule has 0 aliphatic carbocycles. The maximum atomic E-state index is 11.8. The molecular weight excluding hydrogens is 254 g/mol. The topological polar surface area (TPSA) is 67.0 Å². The van der Waals surface area contributed by atoms with Crippen molar-refractivity contribution in [2.24, 2.45) is 0 Å². The van der Waals surface area contributed by atoms with Gasteiger partial charge in [-0.25, -0.2) is 0 Å². The van der Waals surface area contributed by atoms with Crippen molar-refractivity contribution in [3.05, 3.63) is 41.6 Å². The number of rotatable bonds is 5. The maximum absolute atomic E-state index is 11.8. The number of nitrogens with zero attached hydrogens (tertiary/aromatic N) is 1. The fourth-order valence-electron chi connectivity index (χ4n) is 1.76. The van der Waals surface area contributed by atoms with E-state index in [-0.39, 0.29) is 12.5 Å². The molecular formula is C15H19N3O2. The molecule has 2 rings (SSSR count). The molecule has 0 radical (unpaired) electrons. The number of hydrogen-bond acceptors (Lipinski definition) is 3. The van der Waals surface area contributed by atoms with E-state index >= 15 is 0 Å². The predicted octanol–water partition coefficient (Wildman–Crippen LogP) is 2.86. The van der Waals surface area contributed by atoms with Gasteiger partial charge in [-0.2, -0.15) is 5.10 Å². The minimum absolute atomic E-state index is 0.0278. The molecule has 0 aliphatic rings. The number of amides is 1. The number of hydrogen-bond donors (Lipinski definition) is 2. The van der Waals surface area contributed by atoms with E-state index in [1.165, 1.54) is 5.56 Å². The molecule has 0 fully saturated rings. The van der Waals surface area contributed by atoms with E-state index in [0.29, 0.717) is 17.5 Å². The highest BCUT2D eigenvalue weighted by atomic mass is 16.5. The molecule has 0 saturated carbocycles. The molecule has 20 heavy (non-hydrogen) atoms. The van der Waals surface area contributed by atoms with Crippen LogP contribution >= 0.6 is 0 Å². The second kappa shape index (κ2) is 6.23. The van der Waals surface area contributed by atoms with Crippen molar-refractivity contribution >= 4 is 11.7 Å². The van der Waals surface area contributed by atoms with Crippen LogP contribution in [-0.2, 0) is 4.79 Å². The van der Waals surface area contributed by atoms with Gasteiger partial charge < -0.3 is 10.1 Å². The third-order valence-corrected chi connectivity index (χ3v) is 2.99. The van der Waals surface area contributed by atoms with Crippen molar-refractivity contribution in [2.75, 3.05) is 11.9 Å². The second-order valence-corrected chi connectivity index (χ2v) is 4.99. The van der Waals surface area contributed by atoms with Gasteiger partial charge >= 0.3 is 0 Å². The summed E-state index contributed by atoms with van der Waals surface area (Å²) >= 11 is 0. The summed E-state index contributed by atoms with van der Waals surface area (Å²) < 4.78 is 5.50. The Bertz CT molecular complexity index is 590. The van der Waals surface area contributed by atoms with E-state index < -0.39 is 0 Å².